The van der Waals surface area contributed by atoms with Crippen LogP contribution in [-0.4, -0.2) is 46.5 Å². The minimum absolute atomic E-state index is 0.0451. The number of amides is 2. The normalized spacial score (nSPS) is 14.4. The smallest absolute Gasteiger partial charge is 0.321 e. The van der Waals surface area contributed by atoms with Gasteiger partial charge in [0.1, 0.15) is 5.82 Å². The van der Waals surface area contributed by atoms with Gasteiger partial charge < -0.3 is 15.1 Å². The number of aryl methyl sites for hydroxylation is 1. The molecule has 1 saturated heterocycles. The van der Waals surface area contributed by atoms with E-state index in [1.807, 2.05) is 48.2 Å². The lowest BCUT2D eigenvalue weighted by atomic mass is 10.1. The first-order valence-corrected chi connectivity index (χ1v) is 11.6. The Morgan fingerprint density at radius 1 is 1.10 bits per heavy atom. The fourth-order valence-corrected chi connectivity index (χ4v) is 4.49. The zero-order valence-electron chi connectivity index (χ0n) is 17.8. The van der Waals surface area contributed by atoms with Crippen molar-refractivity contribution < 1.29 is 4.79 Å². The molecule has 2 aromatic carbocycles. The molecule has 4 rings (SSSR count). The molecule has 1 aliphatic rings. The maximum atomic E-state index is 12.8. The largest absolute Gasteiger partial charge is 0.345 e. The predicted octanol–water partition coefficient (Wildman–Crippen LogP) is 5.14. The maximum absolute atomic E-state index is 12.8. The average Bonchev–Trinajstić information content (AvgIpc) is 3.07. The lowest BCUT2D eigenvalue weighted by Gasteiger charge is -2.22. The number of urea groups is 1. The maximum Gasteiger partial charge on any atom is 0.321 e. The van der Waals surface area contributed by atoms with Crippen LogP contribution in [0.1, 0.15) is 28.9 Å². The van der Waals surface area contributed by atoms with Crippen molar-refractivity contribution in [2.24, 2.45) is 0 Å². The molecule has 2 heterocycles. The van der Waals surface area contributed by atoms with Crippen molar-refractivity contribution in [3.05, 3.63) is 70.0 Å². The fourth-order valence-electron chi connectivity index (χ4n) is 3.62. The summed E-state index contributed by atoms with van der Waals surface area (Å²) in [5.41, 5.74) is 4.29. The molecular weight excluding hydrogens is 430 g/mol. The van der Waals surface area contributed by atoms with E-state index in [0.717, 1.165) is 58.8 Å². The number of rotatable bonds is 4. The quantitative estimate of drug-likeness (QED) is 0.591. The first-order chi connectivity index (χ1) is 15.0. The minimum Gasteiger partial charge on any atom is -0.345 e. The molecule has 8 heteroatoms. The van der Waals surface area contributed by atoms with Crippen LogP contribution < -0.4 is 10.2 Å². The Kier molecular flexibility index (Phi) is 6.73. The molecule has 2 amide bonds. The van der Waals surface area contributed by atoms with Gasteiger partial charge in [0.15, 0.2) is 0 Å². The zero-order chi connectivity index (χ0) is 21.8. The van der Waals surface area contributed by atoms with Crippen LogP contribution in [0.2, 0.25) is 5.02 Å². The lowest BCUT2D eigenvalue weighted by molar-refractivity contribution is 0.215. The highest BCUT2D eigenvalue weighted by Gasteiger charge is 2.22. The third kappa shape index (κ3) is 5.35. The Hall–Kier alpha value is -2.64. The average molecular weight is 456 g/mol. The monoisotopic (exact) mass is 455 g/mol. The summed E-state index contributed by atoms with van der Waals surface area (Å²) in [6.45, 7) is 7.08. The molecule has 0 saturated carbocycles. The van der Waals surface area contributed by atoms with Crippen LogP contribution in [0.3, 0.4) is 0 Å². The summed E-state index contributed by atoms with van der Waals surface area (Å²) in [6.07, 6.45) is 1.58. The van der Waals surface area contributed by atoms with Crippen LogP contribution in [0.15, 0.2) is 42.5 Å². The number of nitrogens with zero attached hydrogens (tertiary/aromatic N) is 4. The van der Waals surface area contributed by atoms with Gasteiger partial charge in [-0.2, -0.15) is 4.37 Å². The van der Waals surface area contributed by atoms with E-state index in [9.17, 15) is 4.79 Å². The molecule has 0 bridgehead atoms. The highest BCUT2D eigenvalue weighted by Crippen LogP contribution is 2.22. The molecule has 0 atom stereocenters. The summed E-state index contributed by atoms with van der Waals surface area (Å²) < 4.78 is 4.53. The van der Waals surface area contributed by atoms with E-state index >= 15 is 0 Å². The van der Waals surface area contributed by atoms with Crippen LogP contribution in [0.5, 0.6) is 0 Å². The molecule has 0 radical (unpaired) electrons. The Labute approximate surface area is 192 Å². The zero-order valence-corrected chi connectivity index (χ0v) is 19.3. The van der Waals surface area contributed by atoms with E-state index in [1.165, 1.54) is 17.1 Å². The van der Waals surface area contributed by atoms with E-state index < -0.39 is 0 Å². The van der Waals surface area contributed by atoms with Gasteiger partial charge in [-0.1, -0.05) is 35.9 Å². The number of carbonyl (C=O) groups is 1. The molecule has 1 aliphatic heterocycles. The first kappa shape index (κ1) is 21.6. The van der Waals surface area contributed by atoms with Crippen molar-refractivity contribution in [3.8, 4) is 0 Å². The molecule has 1 aromatic heterocycles. The van der Waals surface area contributed by atoms with Gasteiger partial charge in [-0.25, -0.2) is 9.78 Å². The van der Waals surface area contributed by atoms with E-state index in [-0.39, 0.29) is 6.03 Å². The predicted molar refractivity (Wildman–Crippen MR) is 128 cm³/mol. The molecule has 1 N–H and O–H groups in total. The second kappa shape index (κ2) is 9.66. The fraction of sp³-hybridized carbons (Fsp3) is 0.348. The number of anilines is 2. The molecular formula is C23H26ClN5OS. The van der Waals surface area contributed by atoms with Crippen molar-refractivity contribution in [1.29, 1.82) is 0 Å². The number of hydrogen-bond acceptors (Lipinski definition) is 5. The van der Waals surface area contributed by atoms with E-state index in [0.29, 0.717) is 13.0 Å². The summed E-state index contributed by atoms with van der Waals surface area (Å²) >= 11 is 7.38. The number of aromatic nitrogens is 2. The molecule has 0 aliphatic carbocycles. The van der Waals surface area contributed by atoms with Crippen LogP contribution in [-0.2, 0) is 6.42 Å². The number of halogens is 1. The Morgan fingerprint density at radius 3 is 2.71 bits per heavy atom. The molecule has 0 spiro atoms. The standard InChI is InChI=1S/C23H26ClN5OS/c1-16-5-3-6-20(17(16)2)25-22(30)28-11-4-12-29(14-13-28)23-26-21(27-31-23)15-18-7-9-19(24)10-8-18/h3,5-10H,4,11-15H2,1-2H3,(H,25,30). The van der Waals surface area contributed by atoms with E-state index in [4.69, 9.17) is 16.6 Å². The van der Waals surface area contributed by atoms with Crippen molar-refractivity contribution in [3.63, 3.8) is 0 Å². The topological polar surface area (TPSA) is 61.4 Å². The highest BCUT2D eigenvalue weighted by molar-refractivity contribution is 7.09. The third-order valence-electron chi connectivity index (χ3n) is 5.63. The second-order valence-electron chi connectivity index (χ2n) is 7.80. The van der Waals surface area contributed by atoms with Gasteiger partial charge in [-0.05, 0) is 55.2 Å². The Morgan fingerprint density at radius 2 is 1.90 bits per heavy atom. The minimum atomic E-state index is -0.0451. The molecule has 6 nitrogen and oxygen atoms in total. The summed E-state index contributed by atoms with van der Waals surface area (Å²) in [5, 5.41) is 4.72. The lowest BCUT2D eigenvalue weighted by Crippen LogP contribution is -2.38. The van der Waals surface area contributed by atoms with Crippen LogP contribution in [0, 0.1) is 13.8 Å². The summed E-state index contributed by atoms with van der Waals surface area (Å²) in [7, 11) is 0. The number of hydrogen-bond donors (Lipinski definition) is 1. The number of nitrogens with one attached hydrogen (secondary N) is 1. The molecule has 3 aromatic rings. The molecule has 0 unspecified atom stereocenters. The van der Waals surface area contributed by atoms with Gasteiger partial charge in [-0.15, -0.1) is 0 Å². The van der Waals surface area contributed by atoms with E-state index in [1.54, 1.807) is 0 Å². The highest BCUT2D eigenvalue weighted by atomic mass is 35.5. The van der Waals surface area contributed by atoms with Gasteiger partial charge >= 0.3 is 6.03 Å². The molecule has 31 heavy (non-hydrogen) atoms. The number of carbonyl (C=O) groups excluding carboxylic acids is 1. The Bertz CT molecular complexity index is 1050. The Balaban J connectivity index is 1.35. The SMILES string of the molecule is Cc1cccc(NC(=O)N2CCCN(c3nc(Cc4ccc(Cl)cc4)ns3)CC2)c1C. The van der Waals surface area contributed by atoms with E-state index in [2.05, 4.69) is 27.6 Å². The van der Waals surface area contributed by atoms with Crippen LogP contribution in [0.4, 0.5) is 15.6 Å². The second-order valence-corrected chi connectivity index (χ2v) is 8.97. The van der Waals surface area contributed by atoms with Gasteiger partial charge in [0.25, 0.3) is 0 Å². The third-order valence-corrected chi connectivity index (χ3v) is 6.70. The van der Waals surface area contributed by atoms with Gasteiger partial charge in [-0.3, -0.25) is 0 Å². The van der Waals surface area contributed by atoms with Gasteiger partial charge in [0, 0.05) is 54.8 Å². The van der Waals surface area contributed by atoms with Crippen molar-refractivity contribution >= 4 is 40.0 Å². The first-order valence-electron chi connectivity index (χ1n) is 10.4. The van der Waals surface area contributed by atoms with Gasteiger partial charge in [0.2, 0.25) is 5.13 Å². The van der Waals surface area contributed by atoms with Crippen molar-refractivity contribution in [2.45, 2.75) is 26.7 Å². The van der Waals surface area contributed by atoms with Crippen LogP contribution >= 0.6 is 23.1 Å². The van der Waals surface area contributed by atoms with Crippen molar-refractivity contribution in [1.82, 2.24) is 14.3 Å². The number of benzene rings is 2. The summed E-state index contributed by atoms with van der Waals surface area (Å²) in [4.78, 5) is 21.7. The van der Waals surface area contributed by atoms with Crippen molar-refractivity contribution in [2.75, 3.05) is 36.4 Å². The van der Waals surface area contributed by atoms with Gasteiger partial charge in [0.05, 0.1) is 0 Å². The summed E-state index contributed by atoms with van der Waals surface area (Å²) in [6, 6.07) is 13.7. The molecule has 162 valence electrons. The molecule has 1 fully saturated rings. The van der Waals surface area contributed by atoms with Crippen LogP contribution in [0.25, 0.3) is 0 Å². The summed E-state index contributed by atoms with van der Waals surface area (Å²) in [5.74, 6) is 0.816.